The number of hydrogen-bond acceptors (Lipinski definition) is 4. The van der Waals surface area contributed by atoms with Crippen LogP contribution < -0.4 is 10.6 Å². The molecular formula is C30H37Cl2N3O3. The SMILES string of the molecule is O=C(O)CCN1CCC(NC2CC(=O)NC3CCC(C(c4ccc(Cl)cc4)c4ccc(Cl)cc4)CC32)CC1. The van der Waals surface area contributed by atoms with Crippen LogP contribution in [0, 0.1) is 11.8 Å². The number of benzene rings is 2. The summed E-state index contributed by atoms with van der Waals surface area (Å²) in [6.45, 7) is 2.41. The van der Waals surface area contributed by atoms with Crippen LogP contribution in [-0.4, -0.2) is 59.6 Å². The second-order valence-corrected chi connectivity index (χ2v) is 12.1. The molecule has 0 spiro atoms. The number of carbonyl (C=O) groups is 2. The van der Waals surface area contributed by atoms with Gasteiger partial charge in [-0.1, -0.05) is 47.5 Å². The van der Waals surface area contributed by atoms with Crippen molar-refractivity contribution in [3.8, 4) is 0 Å². The summed E-state index contributed by atoms with van der Waals surface area (Å²) < 4.78 is 0. The van der Waals surface area contributed by atoms with Crippen molar-refractivity contribution in [1.82, 2.24) is 15.5 Å². The Balaban J connectivity index is 1.30. The highest BCUT2D eigenvalue weighted by Gasteiger charge is 2.43. The van der Waals surface area contributed by atoms with Gasteiger partial charge in [-0.3, -0.25) is 9.59 Å². The van der Waals surface area contributed by atoms with Crippen LogP contribution in [0.5, 0.6) is 0 Å². The molecule has 3 aliphatic rings. The first-order chi connectivity index (χ1) is 18.4. The number of carboxylic acids is 1. The van der Waals surface area contributed by atoms with E-state index in [4.69, 9.17) is 28.3 Å². The van der Waals surface area contributed by atoms with Gasteiger partial charge in [0.1, 0.15) is 0 Å². The number of carbonyl (C=O) groups excluding carboxylic acids is 1. The lowest BCUT2D eigenvalue weighted by Gasteiger charge is -2.47. The van der Waals surface area contributed by atoms with Gasteiger partial charge in [0.05, 0.1) is 6.42 Å². The fraction of sp³-hybridized carbons (Fsp3) is 0.533. The van der Waals surface area contributed by atoms with Crippen LogP contribution in [0.1, 0.15) is 62.0 Å². The first-order valence-electron chi connectivity index (χ1n) is 13.9. The molecule has 5 rings (SSSR count). The molecule has 2 aliphatic heterocycles. The molecule has 6 nitrogen and oxygen atoms in total. The molecule has 204 valence electrons. The van der Waals surface area contributed by atoms with Crippen molar-refractivity contribution in [2.75, 3.05) is 19.6 Å². The van der Waals surface area contributed by atoms with E-state index in [1.807, 2.05) is 24.3 Å². The van der Waals surface area contributed by atoms with E-state index in [0.29, 0.717) is 30.8 Å². The predicted molar refractivity (Wildman–Crippen MR) is 151 cm³/mol. The van der Waals surface area contributed by atoms with Crippen LogP contribution >= 0.6 is 23.2 Å². The van der Waals surface area contributed by atoms with Gasteiger partial charge in [0.2, 0.25) is 5.91 Å². The normalized spacial score (nSPS) is 26.7. The lowest BCUT2D eigenvalue weighted by Crippen LogP contribution is -2.60. The number of likely N-dealkylation sites (tertiary alicyclic amines) is 1. The lowest BCUT2D eigenvalue weighted by molar-refractivity contribution is -0.137. The number of aliphatic carboxylic acids is 1. The zero-order valence-corrected chi connectivity index (χ0v) is 23.1. The van der Waals surface area contributed by atoms with E-state index in [0.717, 1.165) is 55.2 Å². The Morgan fingerprint density at radius 2 is 1.58 bits per heavy atom. The van der Waals surface area contributed by atoms with Crippen molar-refractivity contribution in [1.29, 1.82) is 0 Å². The number of piperidine rings is 2. The van der Waals surface area contributed by atoms with Crippen molar-refractivity contribution in [2.24, 2.45) is 11.8 Å². The molecule has 2 saturated heterocycles. The van der Waals surface area contributed by atoms with Gasteiger partial charge >= 0.3 is 5.97 Å². The summed E-state index contributed by atoms with van der Waals surface area (Å²) >= 11 is 12.5. The summed E-state index contributed by atoms with van der Waals surface area (Å²) in [4.78, 5) is 25.8. The first-order valence-corrected chi connectivity index (χ1v) is 14.6. The molecule has 2 heterocycles. The molecule has 4 atom stereocenters. The number of carboxylic acid groups (broad SMARTS) is 1. The van der Waals surface area contributed by atoms with Gasteiger partial charge in [0.15, 0.2) is 0 Å². The second kappa shape index (κ2) is 12.4. The van der Waals surface area contributed by atoms with Gasteiger partial charge in [-0.15, -0.1) is 0 Å². The van der Waals surface area contributed by atoms with Crippen molar-refractivity contribution in [2.45, 2.75) is 69.0 Å². The highest BCUT2D eigenvalue weighted by Crippen LogP contribution is 2.45. The topological polar surface area (TPSA) is 81.7 Å². The molecule has 3 fully saturated rings. The summed E-state index contributed by atoms with van der Waals surface area (Å²) in [7, 11) is 0. The fourth-order valence-electron chi connectivity index (χ4n) is 6.92. The molecule has 8 heteroatoms. The van der Waals surface area contributed by atoms with E-state index in [1.165, 1.54) is 11.1 Å². The van der Waals surface area contributed by atoms with Crippen LogP contribution in [-0.2, 0) is 9.59 Å². The van der Waals surface area contributed by atoms with E-state index < -0.39 is 5.97 Å². The smallest absolute Gasteiger partial charge is 0.304 e. The Hall–Kier alpha value is -2.12. The van der Waals surface area contributed by atoms with Crippen molar-refractivity contribution in [3.05, 3.63) is 69.7 Å². The third-order valence-electron chi connectivity index (χ3n) is 8.82. The summed E-state index contributed by atoms with van der Waals surface area (Å²) in [5, 5.41) is 17.6. The molecule has 3 N–H and O–H groups in total. The third-order valence-corrected chi connectivity index (χ3v) is 9.32. The van der Waals surface area contributed by atoms with Crippen molar-refractivity contribution in [3.63, 3.8) is 0 Å². The van der Waals surface area contributed by atoms with Crippen molar-refractivity contribution >= 4 is 35.1 Å². The Labute approximate surface area is 235 Å². The Morgan fingerprint density at radius 3 is 2.16 bits per heavy atom. The lowest BCUT2D eigenvalue weighted by atomic mass is 9.65. The molecule has 0 aromatic heterocycles. The van der Waals surface area contributed by atoms with Gasteiger partial charge in [0.25, 0.3) is 0 Å². The van der Waals surface area contributed by atoms with Crippen LogP contribution in [0.3, 0.4) is 0 Å². The number of hydrogen-bond donors (Lipinski definition) is 3. The fourth-order valence-corrected chi connectivity index (χ4v) is 7.17. The van der Waals surface area contributed by atoms with E-state index in [2.05, 4.69) is 39.8 Å². The largest absolute Gasteiger partial charge is 0.481 e. The number of halogens is 2. The second-order valence-electron chi connectivity index (χ2n) is 11.2. The zero-order valence-electron chi connectivity index (χ0n) is 21.6. The number of amides is 1. The van der Waals surface area contributed by atoms with E-state index in [9.17, 15) is 9.59 Å². The molecule has 1 saturated carbocycles. The van der Waals surface area contributed by atoms with Gasteiger partial charge in [-0.2, -0.15) is 0 Å². The number of rotatable bonds is 8. The van der Waals surface area contributed by atoms with E-state index in [-0.39, 0.29) is 30.3 Å². The maximum Gasteiger partial charge on any atom is 0.304 e. The van der Waals surface area contributed by atoms with Gasteiger partial charge < -0.3 is 20.6 Å². The highest BCUT2D eigenvalue weighted by molar-refractivity contribution is 6.30. The molecular weight excluding hydrogens is 521 g/mol. The quantitative estimate of drug-likeness (QED) is 0.408. The molecule has 4 unspecified atom stereocenters. The minimum Gasteiger partial charge on any atom is -0.481 e. The predicted octanol–water partition coefficient (Wildman–Crippen LogP) is 5.33. The van der Waals surface area contributed by atoms with Gasteiger partial charge in [0, 0.05) is 47.1 Å². The number of nitrogens with zero attached hydrogens (tertiary/aromatic N) is 1. The number of fused-ring (bicyclic) bond motifs is 1. The summed E-state index contributed by atoms with van der Waals surface area (Å²) in [5.41, 5.74) is 2.52. The molecule has 2 aromatic rings. The molecule has 38 heavy (non-hydrogen) atoms. The minimum absolute atomic E-state index is 0.146. The van der Waals surface area contributed by atoms with Gasteiger partial charge in [-0.05, 0) is 92.4 Å². The average Bonchev–Trinajstić information content (AvgIpc) is 2.91. The monoisotopic (exact) mass is 557 g/mol. The first kappa shape index (κ1) is 27.4. The minimum atomic E-state index is -0.744. The molecule has 0 bridgehead atoms. The molecule has 2 aromatic carbocycles. The summed E-state index contributed by atoms with van der Waals surface area (Å²) in [6.07, 6.45) is 5.73. The Morgan fingerprint density at radius 1 is 0.974 bits per heavy atom. The molecule has 1 aliphatic carbocycles. The Kier molecular flexibility index (Phi) is 8.94. The highest BCUT2D eigenvalue weighted by atomic mass is 35.5. The molecule has 1 amide bonds. The third kappa shape index (κ3) is 6.71. The number of nitrogens with one attached hydrogen (secondary N) is 2. The Bertz CT molecular complexity index is 1060. The van der Waals surface area contributed by atoms with E-state index in [1.54, 1.807) is 0 Å². The maximum atomic E-state index is 12.7. The summed E-state index contributed by atoms with van der Waals surface area (Å²) in [5.74, 6) is 0.454. The summed E-state index contributed by atoms with van der Waals surface area (Å²) in [6, 6.07) is 17.2. The van der Waals surface area contributed by atoms with Gasteiger partial charge in [-0.25, -0.2) is 0 Å². The maximum absolute atomic E-state index is 12.7. The average molecular weight is 559 g/mol. The standard InChI is InChI=1S/C30H37Cl2N3O3/c31-22-6-1-19(2-7-22)30(20-3-8-23(32)9-4-20)21-5-10-26-25(17-21)27(18-28(36)34-26)33-24-11-14-35(15-12-24)16-13-29(37)38/h1-4,6-9,21,24-27,30,33H,5,10-18H2,(H,34,36)(H,37,38). The zero-order chi connectivity index (χ0) is 26.6. The van der Waals surface area contributed by atoms with Crippen LogP contribution in [0.2, 0.25) is 10.0 Å². The van der Waals surface area contributed by atoms with E-state index >= 15 is 0 Å². The van der Waals surface area contributed by atoms with Crippen LogP contribution in [0.4, 0.5) is 0 Å². The van der Waals surface area contributed by atoms with Crippen molar-refractivity contribution < 1.29 is 14.7 Å². The van der Waals surface area contributed by atoms with Crippen LogP contribution in [0.15, 0.2) is 48.5 Å². The van der Waals surface area contributed by atoms with Crippen LogP contribution in [0.25, 0.3) is 0 Å². The molecule has 0 radical (unpaired) electrons.